The summed E-state index contributed by atoms with van der Waals surface area (Å²) in [6, 6.07) is 6.60. The predicted octanol–water partition coefficient (Wildman–Crippen LogP) is 1.78. The van der Waals surface area contributed by atoms with Gasteiger partial charge in [0, 0.05) is 6.54 Å². The highest BCUT2D eigenvalue weighted by atomic mass is 16.5. The number of aromatic amines is 1. The quantitative estimate of drug-likeness (QED) is 0.638. The van der Waals surface area contributed by atoms with Crippen LogP contribution in [0, 0.1) is 0 Å². The van der Waals surface area contributed by atoms with Crippen LogP contribution in [0.5, 0.6) is 11.6 Å². The maximum absolute atomic E-state index is 12.4. The zero-order chi connectivity index (χ0) is 20.7. The summed E-state index contributed by atoms with van der Waals surface area (Å²) in [5.74, 6) is 0.204. The molecule has 0 saturated carbocycles. The number of methoxy groups -OCH3 is 1. The molecule has 2 N–H and O–H groups in total. The topological polar surface area (TPSA) is 99.9 Å². The average molecular weight is 388 g/mol. The van der Waals surface area contributed by atoms with Gasteiger partial charge in [0.2, 0.25) is 5.88 Å². The lowest BCUT2D eigenvalue weighted by Crippen LogP contribution is -2.33. The van der Waals surface area contributed by atoms with Crippen molar-refractivity contribution in [3.63, 3.8) is 0 Å². The van der Waals surface area contributed by atoms with Crippen LogP contribution in [0.1, 0.15) is 32.8 Å². The standard InChI is InChI=1S/C20H28N4O4/c1-5-16(21-12-13-23(6-2)7-3)17-18(25)22-20(27)24(19(17)26)14-8-10-15(28-4)11-9-14/h8-11,26H,5-7,12-13H2,1-4H3,(H,22,25,27). The van der Waals surface area contributed by atoms with Crippen molar-refractivity contribution in [2.75, 3.05) is 33.3 Å². The SMILES string of the molecule is CCC(=NCCN(CC)CC)c1c(O)n(-c2ccc(OC)cc2)c(=O)[nH]c1=O. The smallest absolute Gasteiger partial charge is 0.335 e. The predicted molar refractivity (Wildman–Crippen MR) is 110 cm³/mol. The molecule has 1 aromatic heterocycles. The van der Waals surface area contributed by atoms with E-state index >= 15 is 0 Å². The highest BCUT2D eigenvalue weighted by Crippen LogP contribution is 2.20. The normalized spacial score (nSPS) is 11.8. The summed E-state index contributed by atoms with van der Waals surface area (Å²) >= 11 is 0. The molecule has 0 saturated heterocycles. The average Bonchev–Trinajstić information content (AvgIpc) is 2.70. The van der Waals surface area contributed by atoms with Crippen molar-refractivity contribution in [1.82, 2.24) is 14.5 Å². The van der Waals surface area contributed by atoms with E-state index in [2.05, 4.69) is 28.7 Å². The molecule has 0 aliphatic rings. The first-order valence-electron chi connectivity index (χ1n) is 9.45. The fraction of sp³-hybridized carbons (Fsp3) is 0.450. The summed E-state index contributed by atoms with van der Waals surface area (Å²) in [7, 11) is 1.54. The lowest BCUT2D eigenvalue weighted by molar-refractivity contribution is 0.313. The maximum Gasteiger partial charge on any atom is 0.335 e. The molecule has 28 heavy (non-hydrogen) atoms. The van der Waals surface area contributed by atoms with Crippen LogP contribution >= 0.6 is 0 Å². The first-order valence-corrected chi connectivity index (χ1v) is 9.45. The molecular formula is C20H28N4O4. The van der Waals surface area contributed by atoms with Gasteiger partial charge in [-0.1, -0.05) is 20.8 Å². The number of benzene rings is 1. The molecule has 1 aromatic carbocycles. The number of nitrogens with one attached hydrogen (secondary N) is 1. The van der Waals surface area contributed by atoms with Crippen LogP contribution in [0.2, 0.25) is 0 Å². The van der Waals surface area contributed by atoms with E-state index in [1.54, 1.807) is 31.4 Å². The van der Waals surface area contributed by atoms with E-state index in [0.717, 1.165) is 24.2 Å². The second-order valence-corrected chi connectivity index (χ2v) is 6.20. The molecule has 0 atom stereocenters. The van der Waals surface area contributed by atoms with E-state index in [0.29, 0.717) is 30.1 Å². The van der Waals surface area contributed by atoms with Gasteiger partial charge in [-0.25, -0.2) is 9.36 Å². The second-order valence-electron chi connectivity index (χ2n) is 6.20. The van der Waals surface area contributed by atoms with Gasteiger partial charge in [0.15, 0.2) is 0 Å². The van der Waals surface area contributed by atoms with E-state index in [1.807, 2.05) is 6.92 Å². The maximum atomic E-state index is 12.4. The Morgan fingerprint density at radius 3 is 2.36 bits per heavy atom. The van der Waals surface area contributed by atoms with E-state index in [4.69, 9.17) is 4.74 Å². The zero-order valence-electron chi connectivity index (χ0n) is 16.9. The Bertz CT molecular complexity index is 925. The van der Waals surface area contributed by atoms with Crippen molar-refractivity contribution in [2.24, 2.45) is 4.99 Å². The van der Waals surface area contributed by atoms with E-state index in [-0.39, 0.29) is 5.56 Å². The summed E-state index contributed by atoms with van der Waals surface area (Å²) in [4.78, 5) is 33.8. The Morgan fingerprint density at radius 2 is 1.82 bits per heavy atom. The zero-order valence-corrected chi connectivity index (χ0v) is 16.9. The van der Waals surface area contributed by atoms with Crippen LogP contribution in [-0.4, -0.2) is 58.6 Å². The minimum absolute atomic E-state index is 0.0254. The van der Waals surface area contributed by atoms with Gasteiger partial charge >= 0.3 is 5.69 Å². The van der Waals surface area contributed by atoms with Gasteiger partial charge in [0.25, 0.3) is 5.56 Å². The van der Waals surface area contributed by atoms with Crippen molar-refractivity contribution in [2.45, 2.75) is 27.2 Å². The van der Waals surface area contributed by atoms with Crippen LogP contribution in [0.15, 0.2) is 38.8 Å². The largest absolute Gasteiger partial charge is 0.497 e. The summed E-state index contributed by atoms with van der Waals surface area (Å²) in [5, 5.41) is 10.8. The fourth-order valence-electron chi connectivity index (χ4n) is 2.99. The van der Waals surface area contributed by atoms with E-state index in [9.17, 15) is 14.7 Å². The molecule has 0 fully saturated rings. The first-order chi connectivity index (χ1) is 13.5. The van der Waals surface area contributed by atoms with Crippen molar-refractivity contribution in [3.8, 4) is 17.3 Å². The third-order valence-corrected chi connectivity index (χ3v) is 4.65. The third-order valence-electron chi connectivity index (χ3n) is 4.65. The summed E-state index contributed by atoms with van der Waals surface area (Å²) in [5.41, 5.74) is -0.448. The fourth-order valence-corrected chi connectivity index (χ4v) is 2.99. The van der Waals surface area contributed by atoms with Gasteiger partial charge in [0.05, 0.1) is 25.1 Å². The summed E-state index contributed by atoms with van der Waals surface area (Å²) in [6.45, 7) is 9.12. The van der Waals surface area contributed by atoms with Crippen LogP contribution < -0.4 is 16.0 Å². The number of hydrogen-bond acceptors (Lipinski definition) is 6. The Balaban J connectivity index is 2.48. The molecule has 0 spiro atoms. The Labute approximate surface area is 164 Å². The summed E-state index contributed by atoms with van der Waals surface area (Å²) in [6.07, 6.45) is 0.454. The molecule has 152 valence electrons. The van der Waals surface area contributed by atoms with Gasteiger partial charge in [-0.3, -0.25) is 14.8 Å². The number of aliphatic imine (C=N–C) groups is 1. The number of likely N-dealkylation sites (N-methyl/N-ethyl adjacent to an activating group) is 1. The number of aromatic nitrogens is 2. The molecule has 0 amide bonds. The number of hydrogen-bond donors (Lipinski definition) is 2. The summed E-state index contributed by atoms with van der Waals surface area (Å²) < 4.78 is 6.18. The van der Waals surface area contributed by atoms with Crippen molar-refractivity contribution < 1.29 is 9.84 Å². The Morgan fingerprint density at radius 1 is 1.18 bits per heavy atom. The Hall–Kier alpha value is -2.87. The molecule has 0 aliphatic heterocycles. The molecule has 2 aromatic rings. The van der Waals surface area contributed by atoms with Crippen molar-refractivity contribution in [3.05, 3.63) is 50.7 Å². The molecule has 0 unspecified atom stereocenters. The van der Waals surface area contributed by atoms with E-state index < -0.39 is 17.1 Å². The van der Waals surface area contributed by atoms with Crippen LogP contribution in [0.25, 0.3) is 5.69 Å². The second kappa shape index (κ2) is 9.89. The molecule has 8 heteroatoms. The number of nitrogens with zero attached hydrogens (tertiary/aromatic N) is 3. The number of rotatable bonds is 9. The highest BCUT2D eigenvalue weighted by molar-refractivity contribution is 6.02. The molecule has 0 bridgehead atoms. The van der Waals surface area contributed by atoms with Gasteiger partial charge < -0.3 is 14.7 Å². The highest BCUT2D eigenvalue weighted by Gasteiger charge is 2.19. The molecule has 8 nitrogen and oxygen atoms in total. The van der Waals surface area contributed by atoms with Gasteiger partial charge in [-0.2, -0.15) is 0 Å². The monoisotopic (exact) mass is 388 g/mol. The molecular weight excluding hydrogens is 360 g/mol. The molecule has 1 heterocycles. The van der Waals surface area contributed by atoms with Crippen LogP contribution in [-0.2, 0) is 0 Å². The minimum atomic E-state index is -0.713. The van der Waals surface area contributed by atoms with Crippen LogP contribution in [0.3, 0.4) is 0 Å². The Kier molecular flexibility index (Phi) is 7.57. The van der Waals surface area contributed by atoms with Gasteiger partial charge in [-0.05, 0) is 43.8 Å². The number of aromatic hydroxyl groups is 1. The van der Waals surface area contributed by atoms with Gasteiger partial charge in [0.1, 0.15) is 11.3 Å². The molecule has 0 aliphatic carbocycles. The first kappa shape index (κ1) is 21.4. The van der Waals surface area contributed by atoms with E-state index in [1.165, 1.54) is 0 Å². The molecule has 0 radical (unpaired) electrons. The van der Waals surface area contributed by atoms with Gasteiger partial charge in [-0.15, -0.1) is 0 Å². The minimum Gasteiger partial charge on any atom is -0.497 e. The molecule has 2 rings (SSSR count). The lowest BCUT2D eigenvalue weighted by Gasteiger charge is -2.17. The number of ether oxygens (including phenoxy) is 1. The number of H-pyrrole nitrogens is 1. The van der Waals surface area contributed by atoms with Crippen molar-refractivity contribution >= 4 is 5.71 Å². The lowest BCUT2D eigenvalue weighted by atomic mass is 10.1. The van der Waals surface area contributed by atoms with Crippen LogP contribution in [0.4, 0.5) is 0 Å². The third kappa shape index (κ3) is 4.69. The van der Waals surface area contributed by atoms with Crippen molar-refractivity contribution in [1.29, 1.82) is 0 Å².